The molecule has 142 valence electrons. The van der Waals surface area contributed by atoms with Crippen LogP contribution in [-0.2, 0) is 16.6 Å². The summed E-state index contributed by atoms with van der Waals surface area (Å²) in [6, 6.07) is 13.3. The van der Waals surface area contributed by atoms with Gasteiger partial charge in [-0.3, -0.25) is 10.0 Å². The van der Waals surface area contributed by atoms with Crippen molar-refractivity contribution in [2.45, 2.75) is 24.3 Å². The second-order valence-corrected chi connectivity index (χ2v) is 8.62. The number of amidine groups is 1. The van der Waals surface area contributed by atoms with Gasteiger partial charge in [0.15, 0.2) is 0 Å². The van der Waals surface area contributed by atoms with Crippen LogP contribution in [-0.4, -0.2) is 24.1 Å². The fourth-order valence-electron chi connectivity index (χ4n) is 3.47. The molecule has 1 fully saturated rings. The molecule has 1 aromatic heterocycles. The lowest BCUT2D eigenvalue weighted by Gasteiger charge is -2.16. The van der Waals surface area contributed by atoms with Crippen molar-refractivity contribution in [3.05, 3.63) is 64.4 Å². The van der Waals surface area contributed by atoms with Crippen molar-refractivity contribution >= 4 is 32.4 Å². The highest BCUT2D eigenvalue weighted by atomic mass is 32.2. The smallest absolute Gasteiger partial charge is 0.332 e. The molecule has 0 bridgehead atoms. The molecule has 0 saturated heterocycles. The molecular formula is C19H17N4O4S+. The average Bonchev–Trinajstić information content (AvgIpc) is 3.49. The summed E-state index contributed by atoms with van der Waals surface area (Å²) in [5.41, 5.74) is 0.197. The Balaban J connectivity index is 1.78. The molecule has 2 heterocycles. The largest absolute Gasteiger partial charge is 0.377 e. The van der Waals surface area contributed by atoms with Crippen LogP contribution in [0.4, 0.5) is 5.69 Å². The molecule has 1 aliphatic carbocycles. The van der Waals surface area contributed by atoms with E-state index >= 15 is 0 Å². The van der Waals surface area contributed by atoms with E-state index in [0.717, 1.165) is 17.7 Å². The Labute approximate surface area is 160 Å². The van der Waals surface area contributed by atoms with Gasteiger partial charge in [-0.1, -0.05) is 24.3 Å². The maximum atomic E-state index is 13.1. The molecule has 2 N–H and O–H groups in total. The molecule has 1 aliphatic heterocycles. The lowest BCUT2D eigenvalue weighted by Crippen LogP contribution is -2.54. The van der Waals surface area contributed by atoms with Gasteiger partial charge in [-0.15, -0.1) is 9.08 Å². The third kappa shape index (κ3) is 2.58. The number of nitrogens with one attached hydrogen (secondary N) is 1. The summed E-state index contributed by atoms with van der Waals surface area (Å²) in [6.07, 6.45) is 2.10. The lowest BCUT2D eigenvalue weighted by molar-refractivity contribution is -0.966. The van der Waals surface area contributed by atoms with Crippen molar-refractivity contribution in [3.63, 3.8) is 0 Å². The summed E-state index contributed by atoms with van der Waals surface area (Å²) in [5.74, 6) is 0.226. The number of sulfonamides is 1. The van der Waals surface area contributed by atoms with E-state index in [1.54, 1.807) is 47.1 Å². The Bertz CT molecular complexity index is 1320. The number of hydrogen-bond donors (Lipinski definition) is 2. The summed E-state index contributed by atoms with van der Waals surface area (Å²) in [7, 11) is -4.00. The van der Waals surface area contributed by atoms with Gasteiger partial charge < -0.3 is 5.32 Å². The quantitative estimate of drug-likeness (QED) is 0.515. The molecule has 0 radical (unpaired) electrons. The Morgan fingerprint density at radius 1 is 1.14 bits per heavy atom. The average molecular weight is 397 g/mol. The third-order valence-electron chi connectivity index (χ3n) is 5.05. The molecule has 1 saturated carbocycles. The van der Waals surface area contributed by atoms with E-state index < -0.39 is 15.5 Å². The normalized spacial score (nSPS) is 17.6. The first-order valence-electron chi connectivity index (χ1n) is 8.94. The van der Waals surface area contributed by atoms with Crippen molar-refractivity contribution in [2.24, 2.45) is 10.3 Å². The lowest BCUT2D eigenvalue weighted by atomic mass is 10.2. The minimum atomic E-state index is -4.00. The van der Waals surface area contributed by atoms with E-state index in [1.807, 2.05) is 0 Å². The van der Waals surface area contributed by atoms with Gasteiger partial charge >= 0.3 is 5.69 Å². The first kappa shape index (κ1) is 16.9. The zero-order valence-corrected chi connectivity index (χ0v) is 15.6. The predicted molar refractivity (Wildman–Crippen MR) is 102 cm³/mol. The molecule has 0 spiro atoms. The van der Waals surface area contributed by atoms with Gasteiger partial charge in [0.05, 0.1) is 17.6 Å². The summed E-state index contributed by atoms with van der Waals surface area (Å²) in [6.45, 7) is 0.529. The van der Waals surface area contributed by atoms with E-state index in [-0.39, 0.29) is 16.4 Å². The molecule has 0 atom stereocenters. The number of aromatic nitrogens is 2. The third-order valence-corrected chi connectivity index (χ3v) is 6.39. The van der Waals surface area contributed by atoms with Gasteiger partial charge in [-0.25, -0.2) is 0 Å². The van der Waals surface area contributed by atoms with E-state index in [2.05, 4.69) is 9.71 Å². The highest BCUT2D eigenvalue weighted by molar-refractivity contribution is 7.90. The zero-order chi connectivity index (χ0) is 19.5. The molecule has 2 aliphatic rings. The van der Waals surface area contributed by atoms with E-state index in [1.165, 1.54) is 6.07 Å². The maximum Gasteiger partial charge on any atom is 0.377 e. The van der Waals surface area contributed by atoms with Crippen LogP contribution in [0.2, 0.25) is 0 Å². The Kier molecular flexibility index (Phi) is 3.57. The second kappa shape index (κ2) is 5.90. The summed E-state index contributed by atoms with van der Waals surface area (Å²) in [4.78, 5) is 13.9. The van der Waals surface area contributed by atoms with Crippen LogP contribution in [0.15, 0.2) is 62.6 Å². The van der Waals surface area contributed by atoms with Gasteiger partial charge in [0, 0.05) is 0 Å². The van der Waals surface area contributed by atoms with Crippen LogP contribution in [0, 0.1) is 5.92 Å². The van der Waals surface area contributed by atoms with Crippen LogP contribution >= 0.6 is 0 Å². The number of rotatable bonds is 3. The SMILES string of the molecule is O=c1c(C2=NS(=O)(=O)c3ccccc3N2)[n+](O)n(CC2CC2)c2ccccc12. The van der Waals surface area contributed by atoms with Gasteiger partial charge in [-0.05, 0) is 43.0 Å². The van der Waals surface area contributed by atoms with Crippen LogP contribution < -0.4 is 15.6 Å². The fourth-order valence-corrected chi connectivity index (χ4v) is 4.59. The molecule has 3 aromatic rings. The predicted octanol–water partition coefficient (Wildman–Crippen LogP) is 1.50. The van der Waals surface area contributed by atoms with Gasteiger partial charge in [-0.2, -0.15) is 8.42 Å². The van der Waals surface area contributed by atoms with E-state index in [4.69, 9.17) is 0 Å². The first-order valence-corrected chi connectivity index (χ1v) is 10.4. The summed E-state index contributed by atoms with van der Waals surface area (Å²) < 4.78 is 30.5. The maximum absolute atomic E-state index is 13.1. The van der Waals surface area contributed by atoms with Crippen molar-refractivity contribution in [1.82, 2.24) is 4.68 Å². The number of anilines is 1. The second-order valence-electron chi connectivity index (χ2n) is 7.05. The Morgan fingerprint density at radius 2 is 1.86 bits per heavy atom. The number of para-hydroxylation sites is 2. The van der Waals surface area contributed by atoms with Gasteiger partial charge in [0.1, 0.15) is 15.3 Å². The van der Waals surface area contributed by atoms with Crippen LogP contribution in [0.1, 0.15) is 18.5 Å². The van der Waals surface area contributed by atoms with Crippen molar-refractivity contribution in [2.75, 3.05) is 5.32 Å². The van der Waals surface area contributed by atoms with Gasteiger partial charge in [0.2, 0.25) is 5.84 Å². The minimum Gasteiger partial charge on any atom is -0.332 e. The summed E-state index contributed by atoms with van der Waals surface area (Å²) >= 11 is 0. The molecule has 5 rings (SSSR count). The monoisotopic (exact) mass is 397 g/mol. The first-order chi connectivity index (χ1) is 13.5. The number of nitrogens with zero attached hydrogens (tertiary/aromatic N) is 3. The van der Waals surface area contributed by atoms with Crippen molar-refractivity contribution in [3.8, 4) is 0 Å². The fraction of sp³-hybridized carbons (Fsp3) is 0.211. The number of benzene rings is 2. The van der Waals surface area contributed by atoms with Crippen LogP contribution in [0.25, 0.3) is 10.9 Å². The Hall–Kier alpha value is -3.20. The zero-order valence-electron chi connectivity index (χ0n) is 14.7. The standard InChI is InChI=1S/C19H17N4O4S/c24-18-13-5-1-3-7-15(13)22(11-12-9-10-12)23(25)17(18)19-20-14-6-2-4-8-16(14)28(26,27)21-19/h1-8,12,25H,9-11H2,(H,20,21)/q+1. The highest BCUT2D eigenvalue weighted by Gasteiger charge is 2.36. The van der Waals surface area contributed by atoms with Crippen LogP contribution in [0.5, 0.6) is 0 Å². The van der Waals surface area contributed by atoms with Crippen molar-refractivity contribution in [1.29, 1.82) is 0 Å². The molecule has 8 nitrogen and oxygen atoms in total. The van der Waals surface area contributed by atoms with Crippen molar-refractivity contribution < 1.29 is 18.5 Å². The molecule has 0 unspecified atom stereocenters. The molecule has 9 heteroatoms. The topological polar surface area (TPSA) is 105 Å². The van der Waals surface area contributed by atoms with E-state index in [0.29, 0.717) is 29.1 Å². The molecule has 0 amide bonds. The number of fused-ring (bicyclic) bond motifs is 2. The van der Waals surface area contributed by atoms with Crippen LogP contribution in [0.3, 0.4) is 0 Å². The Morgan fingerprint density at radius 3 is 2.64 bits per heavy atom. The minimum absolute atomic E-state index is 0.0299. The highest BCUT2D eigenvalue weighted by Crippen LogP contribution is 2.31. The van der Waals surface area contributed by atoms with Gasteiger partial charge in [0.25, 0.3) is 15.5 Å². The molecule has 2 aromatic carbocycles. The summed E-state index contributed by atoms with van der Waals surface area (Å²) in [5, 5.41) is 14.2. The molecular weight excluding hydrogens is 380 g/mol. The molecule has 28 heavy (non-hydrogen) atoms. The van der Waals surface area contributed by atoms with E-state index in [9.17, 15) is 18.4 Å². The number of hydrogen-bond acceptors (Lipinski definition) is 5.